The minimum Gasteiger partial charge on any atom is -0.378 e. The fourth-order valence-corrected chi connectivity index (χ4v) is 4.28. The normalized spacial score (nSPS) is 34.2. The maximum atomic E-state index is 5.78. The molecule has 104 valence electrons. The van der Waals surface area contributed by atoms with Gasteiger partial charge in [-0.1, -0.05) is 28.1 Å². The fraction of sp³-hybridized carbons (Fsp3) is 0.625. The molecule has 3 rings (SSSR count). The van der Waals surface area contributed by atoms with Gasteiger partial charge in [-0.15, -0.1) is 0 Å². The van der Waals surface area contributed by atoms with Crippen molar-refractivity contribution < 1.29 is 4.74 Å². The Bertz CT molecular complexity index is 442. The van der Waals surface area contributed by atoms with Crippen LogP contribution in [0.4, 0.5) is 0 Å². The van der Waals surface area contributed by atoms with Crippen LogP contribution < -0.4 is 5.32 Å². The van der Waals surface area contributed by atoms with Gasteiger partial charge in [-0.05, 0) is 55.8 Å². The first-order chi connectivity index (χ1) is 9.23. The molecule has 1 saturated carbocycles. The molecule has 1 N–H and O–H groups in total. The number of benzene rings is 1. The summed E-state index contributed by atoms with van der Waals surface area (Å²) in [6.07, 6.45) is 4.26. The SMILES string of the molecule is CCOC1CC2(CCNCC2c2cccc(Br)c2)C1. The Morgan fingerprint density at radius 2 is 2.26 bits per heavy atom. The number of hydrogen-bond acceptors (Lipinski definition) is 2. The van der Waals surface area contributed by atoms with E-state index in [1.807, 2.05) is 0 Å². The molecule has 0 amide bonds. The zero-order valence-corrected chi connectivity index (χ0v) is 13.1. The quantitative estimate of drug-likeness (QED) is 0.915. The standard InChI is InChI=1S/C16H22BrNO/c1-2-19-14-9-16(10-14)6-7-18-11-15(16)12-4-3-5-13(17)8-12/h3-5,8,14-15,18H,2,6-7,9-11H2,1H3. The molecule has 1 aliphatic carbocycles. The molecule has 3 heteroatoms. The Hall–Kier alpha value is -0.380. The first-order valence-electron chi connectivity index (χ1n) is 7.31. The first kappa shape index (κ1) is 13.6. The minimum atomic E-state index is 0.478. The van der Waals surface area contributed by atoms with Crippen LogP contribution in [0.25, 0.3) is 0 Å². The summed E-state index contributed by atoms with van der Waals surface area (Å²) in [5, 5.41) is 3.57. The second-order valence-corrected chi connectivity index (χ2v) is 6.83. The van der Waals surface area contributed by atoms with Gasteiger partial charge in [0.25, 0.3) is 0 Å². The topological polar surface area (TPSA) is 21.3 Å². The van der Waals surface area contributed by atoms with Crippen molar-refractivity contribution in [3.05, 3.63) is 34.3 Å². The number of rotatable bonds is 3. The van der Waals surface area contributed by atoms with Crippen LogP contribution >= 0.6 is 15.9 Å². The highest BCUT2D eigenvalue weighted by atomic mass is 79.9. The van der Waals surface area contributed by atoms with E-state index in [-0.39, 0.29) is 0 Å². The van der Waals surface area contributed by atoms with E-state index in [0.717, 1.165) is 19.7 Å². The molecule has 2 nitrogen and oxygen atoms in total. The summed E-state index contributed by atoms with van der Waals surface area (Å²) in [6, 6.07) is 8.82. The summed E-state index contributed by atoms with van der Waals surface area (Å²) >= 11 is 3.60. The van der Waals surface area contributed by atoms with E-state index in [9.17, 15) is 0 Å². The second-order valence-electron chi connectivity index (χ2n) is 5.91. The maximum Gasteiger partial charge on any atom is 0.0586 e. The molecule has 19 heavy (non-hydrogen) atoms. The molecule has 1 aromatic rings. The lowest BCUT2D eigenvalue weighted by atomic mass is 9.55. The van der Waals surface area contributed by atoms with E-state index in [0.29, 0.717) is 17.4 Å². The van der Waals surface area contributed by atoms with E-state index in [1.54, 1.807) is 0 Å². The third-order valence-electron chi connectivity index (χ3n) is 4.81. The Morgan fingerprint density at radius 3 is 3.00 bits per heavy atom. The number of ether oxygens (including phenoxy) is 1. The van der Waals surface area contributed by atoms with Crippen molar-refractivity contribution in [3.8, 4) is 0 Å². The molecule has 0 bridgehead atoms. The Kier molecular flexibility index (Phi) is 3.97. The average molecular weight is 324 g/mol. The van der Waals surface area contributed by atoms with E-state index < -0.39 is 0 Å². The summed E-state index contributed by atoms with van der Waals surface area (Å²) in [7, 11) is 0. The second kappa shape index (κ2) is 5.55. The molecule has 2 fully saturated rings. The van der Waals surface area contributed by atoms with Crippen LogP contribution in [0.3, 0.4) is 0 Å². The highest BCUT2D eigenvalue weighted by Gasteiger charge is 2.51. The van der Waals surface area contributed by atoms with Crippen molar-refractivity contribution in [3.63, 3.8) is 0 Å². The lowest BCUT2D eigenvalue weighted by Crippen LogP contribution is -2.53. The highest BCUT2D eigenvalue weighted by molar-refractivity contribution is 9.10. The van der Waals surface area contributed by atoms with E-state index >= 15 is 0 Å². The van der Waals surface area contributed by atoms with Gasteiger partial charge in [-0.25, -0.2) is 0 Å². The molecule has 1 aliphatic heterocycles. The number of hydrogen-bond donors (Lipinski definition) is 1. The largest absolute Gasteiger partial charge is 0.378 e. The van der Waals surface area contributed by atoms with Crippen molar-refractivity contribution in [1.82, 2.24) is 5.32 Å². The highest BCUT2D eigenvalue weighted by Crippen LogP contribution is 2.55. The van der Waals surface area contributed by atoms with Crippen molar-refractivity contribution in [2.45, 2.75) is 38.2 Å². The zero-order valence-electron chi connectivity index (χ0n) is 11.5. The van der Waals surface area contributed by atoms with Gasteiger partial charge in [0.05, 0.1) is 6.10 Å². The Morgan fingerprint density at radius 1 is 1.42 bits per heavy atom. The Labute approximate surface area is 124 Å². The van der Waals surface area contributed by atoms with Crippen LogP contribution in [0.5, 0.6) is 0 Å². The average Bonchev–Trinajstić information content (AvgIpc) is 2.38. The zero-order chi connectivity index (χ0) is 13.3. The van der Waals surface area contributed by atoms with Gasteiger partial charge >= 0.3 is 0 Å². The van der Waals surface area contributed by atoms with Crippen LogP contribution in [0.2, 0.25) is 0 Å². The predicted octanol–water partition coefficient (Wildman–Crippen LogP) is 3.71. The molecule has 1 heterocycles. The van der Waals surface area contributed by atoms with E-state index in [2.05, 4.69) is 52.4 Å². The van der Waals surface area contributed by atoms with Crippen molar-refractivity contribution in [2.75, 3.05) is 19.7 Å². The van der Waals surface area contributed by atoms with Gasteiger partial charge < -0.3 is 10.1 Å². The summed E-state index contributed by atoms with van der Waals surface area (Å²) in [6.45, 7) is 5.21. The van der Waals surface area contributed by atoms with Crippen LogP contribution in [0, 0.1) is 5.41 Å². The number of piperidine rings is 1. The molecule has 1 atom stereocenters. The van der Waals surface area contributed by atoms with Crippen LogP contribution in [-0.2, 0) is 4.74 Å². The molecule has 0 radical (unpaired) electrons. The summed E-state index contributed by atoms with van der Waals surface area (Å²) in [5.74, 6) is 0.635. The summed E-state index contributed by atoms with van der Waals surface area (Å²) in [4.78, 5) is 0. The van der Waals surface area contributed by atoms with Gasteiger partial charge in [0, 0.05) is 23.5 Å². The smallest absolute Gasteiger partial charge is 0.0586 e. The van der Waals surface area contributed by atoms with Crippen LogP contribution in [0.15, 0.2) is 28.7 Å². The molecule has 0 aromatic heterocycles. The van der Waals surface area contributed by atoms with Crippen molar-refractivity contribution >= 4 is 15.9 Å². The molecule has 1 aromatic carbocycles. The maximum absolute atomic E-state index is 5.78. The summed E-state index contributed by atoms with van der Waals surface area (Å²) < 4.78 is 6.97. The minimum absolute atomic E-state index is 0.478. The molecule has 1 saturated heterocycles. The van der Waals surface area contributed by atoms with Crippen molar-refractivity contribution in [1.29, 1.82) is 0 Å². The van der Waals surface area contributed by atoms with Crippen LogP contribution in [0.1, 0.15) is 37.7 Å². The first-order valence-corrected chi connectivity index (χ1v) is 8.10. The number of halogens is 1. The molecule has 1 unspecified atom stereocenters. The molecular weight excluding hydrogens is 302 g/mol. The molecule has 1 spiro atoms. The van der Waals surface area contributed by atoms with E-state index in [4.69, 9.17) is 4.74 Å². The lowest BCUT2D eigenvalue weighted by molar-refractivity contribution is -0.0995. The lowest BCUT2D eigenvalue weighted by Gasteiger charge is -2.55. The Balaban J connectivity index is 1.79. The fourth-order valence-electron chi connectivity index (χ4n) is 3.86. The van der Waals surface area contributed by atoms with E-state index in [1.165, 1.54) is 29.3 Å². The van der Waals surface area contributed by atoms with Gasteiger partial charge in [-0.3, -0.25) is 0 Å². The third-order valence-corrected chi connectivity index (χ3v) is 5.30. The van der Waals surface area contributed by atoms with Crippen molar-refractivity contribution in [2.24, 2.45) is 5.41 Å². The monoisotopic (exact) mass is 323 g/mol. The predicted molar refractivity (Wildman–Crippen MR) is 81.5 cm³/mol. The van der Waals surface area contributed by atoms with Crippen LogP contribution in [-0.4, -0.2) is 25.8 Å². The molecular formula is C16H22BrNO. The van der Waals surface area contributed by atoms with Gasteiger partial charge in [-0.2, -0.15) is 0 Å². The van der Waals surface area contributed by atoms with Gasteiger partial charge in [0.2, 0.25) is 0 Å². The third kappa shape index (κ3) is 2.61. The summed E-state index contributed by atoms with van der Waals surface area (Å²) in [5.41, 5.74) is 1.95. The van der Waals surface area contributed by atoms with Gasteiger partial charge in [0.15, 0.2) is 0 Å². The number of nitrogens with one attached hydrogen (secondary N) is 1. The molecule has 2 aliphatic rings. The van der Waals surface area contributed by atoms with Gasteiger partial charge in [0.1, 0.15) is 0 Å².